The Hall–Kier alpha value is -2.93. The van der Waals surface area contributed by atoms with E-state index < -0.39 is 0 Å². The first kappa shape index (κ1) is 14.6. The number of fused-ring (bicyclic) bond motifs is 1. The van der Waals surface area contributed by atoms with Crippen LogP contribution >= 0.6 is 0 Å². The first-order valence-corrected chi connectivity index (χ1v) is 7.83. The quantitative estimate of drug-likeness (QED) is 0.692. The minimum Gasteiger partial charge on any atom is -0.399 e. The SMILES string of the molecule is Nc1ccc(-c2ccc3nc(N)nc(N4CCOCC4)c3n2)cc1. The molecule has 1 fully saturated rings. The van der Waals surface area contributed by atoms with Crippen LogP contribution in [0, 0.1) is 0 Å². The second-order valence-electron chi connectivity index (χ2n) is 5.69. The Kier molecular flexibility index (Phi) is 3.62. The monoisotopic (exact) mass is 322 g/mol. The van der Waals surface area contributed by atoms with Gasteiger partial charge in [-0.15, -0.1) is 0 Å². The van der Waals surface area contributed by atoms with Crippen LogP contribution in [0.3, 0.4) is 0 Å². The van der Waals surface area contributed by atoms with Gasteiger partial charge in [-0.3, -0.25) is 0 Å². The van der Waals surface area contributed by atoms with E-state index in [1.165, 1.54) is 0 Å². The molecule has 1 saturated heterocycles. The van der Waals surface area contributed by atoms with Gasteiger partial charge in [0.1, 0.15) is 5.52 Å². The van der Waals surface area contributed by atoms with Crippen LogP contribution in [0.1, 0.15) is 0 Å². The van der Waals surface area contributed by atoms with Gasteiger partial charge >= 0.3 is 0 Å². The van der Waals surface area contributed by atoms with Gasteiger partial charge < -0.3 is 21.1 Å². The molecule has 24 heavy (non-hydrogen) atoms. The first-order valence-electron chi connectivity index (χ1n) is 7.83. The number of ether oxygens (including phenoxy) is 1. The van der Waals surface area contributed by atoms with Crippen molar-refractivity contribution in [1.29, 1.82) is 0 Å². The number of benzene rings is 1. The molecule has 1 aromatic carbocycles. The fourth-order valence-corrected chi connectivity index (χ4v) is 2.83. The molecule has 1 aliphatic heterocycles. The molecule has 0 bridgehead atoms. The molecule has 0 amide bonds. The highest BCUT2D eigenvalue weighted by Crippen LogP contribution is 2.27. The molecule has 7 heteroatoms. The average Bonchev–Trinajstić information content (AvgIpc) is 2.62. The van der Waals surface area contributed by atoms with Crippen molar-refractivity contribution in [1.82, 2.24) is 15.0 Å². The zero-order valence-electron chi connectivity index (χ0n) is 13.1. The minimum atomic E-state index is 0.256. The van der Waals surface area contributed by atoms with Crippen molar-refractivity contribution in [2.45, 2.75) is 0 Å². The van der Waals surface area contributed by atoms with E-state index in [9.17, 15) is 0 Å². The molecule has 4 rings (SSSR count). The number of nitrogens with two attached hydrogens (primary N) is 2. The third kappa shape index (κ3) is 2.69. The van der Waals surface area contributed by atoms with Gasteiger partial charge in [0, 0.05) is 24.3 Å². The second-order valence-corrected chi connectivity index (χ2v) is 5.69. The van der Waals surface area contributed by atoms with E-state index in [1.807, 2.05) is 36.4 Å². The van der Waals surface area contributed by atoms with E-state index in [4.69, 9.17) is 21.2 Å². The summed E-state index contributed by atoms with van der Waals surface area (Å²) in [5, 5.41) is 0. The van der Waals surface area contributed by atoms with Gasteiger partial charge in [0.25, 0.3) is 0 Å². The summed E-state index contributed by atoms with van der Waals surface area (Å²) in [6.07, 6.45) is 0. The number of nitrogen functional groups attached to an aromatic ring is 2. The van der Waals surface area contributed by atoms with Crippen molar-refractivity contribution in [2.24, 2.45) is 0 Å². The lowest BCUT2D eigenvalue weighted by atomic mass is 10.1. The molecule has 7 nitrogen and oxygen atoms in total. The summed E-state index contributed by atoms with van der Waals surface area (Å²) >= 11 is 0. The molecule has 0 unspecified atom stereocenters. The van der Waals surface area contributed by atoms with Gasteiger partial charge in [0.15, 0.2) is 5.82 Å². The fraction of sp³-hybridized carbons (Fsp3) is 0.235. The number of hydrogen-bond donors (Lipinski definition) is 2. The van der Waals surface area contributed by atoms with E-state index in [1.54, 1.807) is 0 Å². The Morgan fingerprint density at radius 1 is 0.875 bits per heavy atom. The molecule has 0 spiro atoms. The number of anilines is 3. The summed E-state index contributed by atoms with van der Waals surface area (Å²) in [5.74, 6) is 1.02. The van der Waals surface area contributed by atoms with E-state index in [-0.39, 0.29) is 5.95 Å². The van der Waals surface area contributed by atoms with Crippen molar-refractivity contribution in [3.63, 3.8) is 0 Å². The van der Waals surface area contributed by atoms with Crippen molar-refractivity contribution < 1.29 is 4.74 Å². The maximum Gasteiger partial charge on any atom is 0.222 e. The molecule has 0 aliphatic carbocycles. The van der Waals surface area contributed by atoms with Gasteiger partial charge in [0.05, 0.1) is 24.4 Å². The highest BCUT2D eigenvalue weighted by atomic mass is 16.5. The number of nitrogens with zero attached hydrogens (tertiary/aromatic N) is 4. The molecule has 3 aromatic rings. The Bertz CT molecular complexity index is 874. The third-order valence-corrected chi connectivity index (χ3v) is 4.06. The number of morpholine rings is 1. The molecular formula is C17H18N6O. The van der Waals surface area contributed by atoms with Crippen LogP contribution in [0.4, 0.5) is 17.5 Å². The lowest BCUT2D eigenvalue weighted by molar-refractivity contribution is 0.122. The van der Waals surface area contributed by atoms with Gasteiger partial charge in [-0.25, -0.2) is 9.97 Å². The highest BCUT2D eigenvalue weighted by molar-refractivity contribution is 5.88. The summed E-state index contributed by atoms with van der Waals surface area (Å²) in [4.78, 5) is 15.7. The maximum absolute atomic E-state index is 5.88. The second kappa shape index (κ2) is 5.93. The molecule has 0 atom stereocenters. The number of pyridine rings is 1. The van der Waals surface area contributed by atoms with Crippen LogP contribution in [-0.4, -0.2) is 41.3 Å². The minimum absolute atomic E-state index is 0.256. The van der Waals surface area contributed by atoms with Crippen molar-refractivity contribution >= 4 is 28.5 Å². The Balaban J connectivity index is 1.85. The Morgan fingerprint density at radius 3 is 2.38 bits per heavy atom. The smallest absolute Gasteiger partial charge is 0.222 e. The highest BCUT2D eigenvalue weighted by Gasteiger charge is 2.18. The standard InChI is InChI=1S/C17H18N6O/c18-12-3-1-11(2-4-12)13-5-6-14-15(20-13)16(22-17(19)21-14)23-7-9-24-10-8-23/h1-6H,7-10,18H2,(H2,19,21,22). The zero-order valence-corrected chi connectivity index (χ0v) is 13.1. The summed E-state index contributed by atoms with van der Waals surface area (Å²) in [6, 6.07) is 11.5. The number of hydrogen-bond acceptors (Lipinski definition) is 7. The molecule has 1 aliphatic rings. The van der Waals surface area contributed by atoms with Crippen molar-refractivity contribution in [2.75, 3.05) is 42.7 Å². The van der Waals surface area contributed by atoms with Gasteiger partial charge in [-0.05, 0) is 24.3 Å². The summed E-state index contributed by atoms with van der Waals surface area (Å²) in [7, 11) is 0. The molecule has 3 heterocycles. The lowest BCUT2D eigenvalue weighted by Gasteiger charge is -2.28. The van der Waals surface area contributed by atoms with Gasteiger partial charge in [-0.2, -0.15) is 4.98 Å². The number of rotatable bonds is 2. The zero-order chi connectivity index (χ0) is 16.5. The lowest BCUT2D eigenvalue weighted by Crippen LogP contribution is -2.37. The topological polar surface area (TPSA) is 103 Å². The van der Waals surface area contributed by atoms with E-state index in [0.29, 0.717) is 13.2 Å². The van der Waals surface area contributed by atoms with Crippen molar-refractivity contribution in [3.8, 4) is 11.3 Å². The average molecular weight is 322 g/mol. The summed E-state index contributed by atoms with van der Waals surface area (Å²) < 4.78 is 5.42. The molecule has 0 radical (unpaired) electrons. The predicted octanol–water partition coefficient (Wildman–Crippen LogP) is 1.69. The van der Waals surface area contributed by atoms with Crippen LogP contribution in [0.5, 0.6) is 0 Å². The fourth-order valence-electron chi connectivity index (χ4n) is 2.83. The molecular weight excluding hydrogens is 304 g/mol. The summed E-state index contributed by atoms with van der Waals surface area (Å²) in [6.45, 7) is 2.87. The summed E-state index contributed by atoms with van der Waals surface area (Å²) in [5.41, 5.74) is 15.7. The first-order chi connectivity index (χ1) is 11.7. The van der Waals surface area contributed by atoms with Crippen LogP contribution in [0.2, 0.25) is 0 Å². The van der Waals surface area contributed by atoms with E-state index >= 15 is 0 Å². The number of aromatic nitrogens is 3. The largest absolute Gasteiger partial charge is 0.399 e. The predicted molar refractivity (Wildman–Crippen MR) is 94.6 cm³/mol. The van der Waals surface area contributed by atoms with E-state index in [2.05, 4.69) is 14.9 Å². The molecule has 2 aromatic heterocycles. The molecule has 4 N–H and O–H groups in total. The molecule has 0 saturated carbocycles. The van der Waals surface area contributed by atoms with Gasteiger partial charge in [-0.1, -0.05) is 12.1 Å². The molecule has 122 valence electrons. The Morgan fingerprint density at radius 2 is 1.62 bits per heavy atom. The maximum atomic E-state index is 5.88. The van der Waals surface area contributed by atoms with E-state index in [0.717, 1.165) is 46.9 Å². The normalized spacial score (nSPS) is 14.9. The van der Waals surface area contributed by atoms with Crippen molar-refractivity contribution in [3.05, 3.63) is 36.4 Å². The van der Waals surface area contributed by atoms with Crippen LogP contribution in [0.15, 0.2) is 36.4 Å². The van der Waals surface area contributed by atoms with Crippen LogP contribution in [-0.2, 0) is 4.74 Å². The van der Waals surface area contributed by atoms with Gasteiger partial charge in [0.2, 0.25) is 5.95 Å². The third-order valence-electron chi connectivity index (χ3n) is 4.06. The van der Waals surface area contributed by atoms with Crippen LogP contribution in [0.25, 0.3) is 22.3 Å². The Labute approximate surface area is 139 Å². The van der Waals surface area contributed by atoms with Crippen LogP contribution < -0.4 is 16.4 Å².